The predicted octanol–water partition coefficient (Wildman–Crippen LogP) is 2.48. The van der Waals surface area contributed by atoms with Gasteiger partial charge in [-0.25, -0.2) is 0 Å². The van der Waals surface area contributed by atoms with E-state index in [4.69, 9.17) is 9.47 Å². The second kappa shape index (κ2) is 5.41. The molecule has 1 aromatic carbocycles. The van der Waals surface area contributed by atoms with E-state index in [2.05, 4.69) is 18.3 Å². The summed E-state index contributed by atoms with van der Waals surface area (Å²) in [5.74, 6) is 2.35. The number of piperidine rings is 1. The van der Waals surface area contributed by atoms with E-state index in [-0.39, 0.29) is 0 Å². The maximum absolute atomic E-state index is 5.46. The Bertz CT molecular complexity index is 384. The predicted molar refractivity (Wildman–Crippen MR) is 69.1 cm³/mol. The van der Waals surface area contributed by atoms with Crippen LogP contribution in [0, 0.1) is 6.92 Å². The number of benzene rings is 1. The molecule has 2 rings (SSSR count). The van der Waals surface area contributed by atoms with Gasteiger partial charge in [-0.15, -0.1) is 0 Å². The molecule has 0 spiro atoms. The van der Waals surface area contributed by atoms with E-state index in [0.717, 1.165) is 24.6 Å². The highest BCUT2D eigenvalue weighted by Crippen LogP contribution is 2.38. The first-order valence-electron chi connectivity index (χ1n) is 6.20. The summed E-state index contributed by atoms with van der Waals surface area (Å²) in [6, 6.07) is 4.20. The van der Waals surface area contributed by atoms with Crippen molar-refractivity contribution >= 4 is 0 Å². The van der Waals surface area contributed by atoms with E-state index in [1.807, 2.05) is 6.07 Å². The fraction of sp³-hybridized carbons (Fsp3) is 0.571. The Balaban J connectivity index is 2.34. The fourth-order valence-electron chi connectivity index (χ4n) is 2.67. The van der Waals surface area contributed by atoms with Gasteiger partial charge in [0.1, 0.15) is 0 Å². The second-order valence-corrected chi connectivity index (χ2v) is 4.54. The molecule has 0 aliphatic carbocycles. The molecule has 0 radical (unpaired) electrons. The first kappa shape index (κ1) is 12.2. The summed E-state index contributed by atoms with van der Waals surface area (Å²) in [6.45, 7) is 4.34. The number of ether oxygens (including phenoxy) is 2. The molecule has 0 aromatic heterocycles. The van der Waals surface area contributed by atoms with Crippen molar-refractivity contribution in [2.24, 2.45) is 0 Å². The van der Waals surface area contributed by atoms with Crippen LogP contribution in [0.25, 0.3) is 0 Å². The van der Waals surface area contributed by atoms with E-state index in [1.165, 1.54) is 24.0 Å². The minimum absolute atomic E-state index is 0.649. The molecule has 1 aromatic rings. The zero-order chi connectivity index (χ0) is 12.3. The molecule has 1 heterocycles. The van der Waals surface area contributed by atoms with Gasteiger partial charge >= 0.3 is 0 Å². The van der Waals surface area contributed by atoms with Crippen molar-refractivity contribution in [3.63, 3.8) is 0 Å². The summed E-state index contributed by atoms with van der Waals surface area (Å²) in [6.07, 6.45) is 2.41. The number of hydrogen-bond donors (Lipinski definition) is 1. The zero-order valence-corrected chi connectivity index (χ0v) is 10.9. The van der Waals surface area contributed by atoms with Crippen molar-refractivity contribution in [2.75, 3.05) is 27.3 Å². The smallest absolute Gasteiger partial charge is 0.163 e. The third-order valence-corrected chi connectivity index (χ3v) is 3.61. The van der Waals surface area contributed by atoms with Gasteiger partial charge in [-0.1, -0.05) is 6.07 Å². The quantitative estimate of drug-likeness (QED) is 0.873. The van der Waals surface area contributed by atoms with Gasteiger partial charge in [0.05, 0.1) is 14.2 Å². The maximum atomic E-state index is 5.46. The molecular weight excluding hydrogens is 214 g/mol. The summed E-state index contributed by atoms with van der Waals surface area (Å²) in [4.78, 5) is 0. The zero-order valence-electron chi connectivity index (χ0n) is 10.9. The number of nitrogens with one attached hydrogen (secondary N) is 1. The molecule has 0 bridgehead atoms. The van der Waals surface area contributed by atoms with Crippen LogP contribution in [0.2, 0.25) is 0 Å². The minimum Gasteiger partial charge on any atom is -0.493 e. The van der Waals surface area contributed by atoms with Crippen LogP contribution < -0.4 is 14.8 Å². The van der Waals surface area contributed by atoms with Crippen molar-refractivity contribution in [3.8, 4) is 11.5 Å². The third-order valence-electron chi connectivity index (χ3n) is 3.61. The van der Waals surface area contributed by atoms with Gasteiger partial charge in [-0.2, -0.15) is 0 Å². The lowest BCUT2D eigenvalue weighted by Crippen LogP contribution is -2.27. The van der Waals surface area contributed by atoms with Gasteiger partial charge in [0.25, 0.3) is 0 Å². The maximum Gasteiger partial charge on any atom is 0.163 e. The molecule has 1 aliphatic heterocycles. The van der Waals surface area contributed by atoms with Crippen LogP contribution in [-0.4, -0.2) is 27.3 Å². The third kappa shape index (κ3) is 2.39. The molecule has 3 heteroatoms. The highest BCUT2D eigenvalue weighted by Gasteiger charge is 2.20. The molecule has 1 saturated heterocycles. The summed E-state index contributed by atoms with van der Waals surface area (Å²) in [5.41, 5.74) is 2.63. The molecular formula is C14H21NO2. The summed E-state index contributed by atoms with van der Waals surface area (Å²) in [5, 5.41) is 3.40. The Morgan fingerprint density at radius 1 is 1.12 bits per heavy atom. The van der Waals surface area contributed by atoms with E-state index in [0.29, 0.717) is 5.92 Å². The molecule has 0 saturated carbocycles. The fourth-order valence-corrected chi connectivity index (χ4v) is 2.67. The van der Waals surface area contributed by atoms with E-state index in [9.17, 15) is 0 Å². The largest absolute Gasteiger partial charge is 0.493 e. The highest BCUT2D eigenvalue weighted by molar-refractivity contribution is 5.51. The molecule has 1 N–H and O–H groups in total. The Hall–Kier alpha value is -1.22. The van der Waals surface area contributed by atoms with Crippen molar-refractivity contribution in [1.82, 2.24) is 5.32 Å². The first-order valence-corrected chi connectivity index (χ1v) is 6.20. The van der Waals surface area contributed by atoms with Crippen LogP contribution in [0.3, 0.4) is 0 Å². The Morgan fingerprint density at radius 2 is 1.82 bits per heavy atom. The Labute approximate surface area is 103 Å². The molecule has 0 amide bonds. The Morgan fingerprint density at radius 3 is 2.41 bits per heavy atom. The summed E-state index contributed by atoms with van der Waals surface area (Å²) in [7, 11) is 3.39. The lowest BCUT2D eigenvalue weighted by atomic mass is 9.87. The van der Waals surface area contributed by atoms with E-state index in [1.54, 1.807) is 14.2 Å². The van der Waals surface area contributed by atoms with Gasteiger partial charge in [-0.05, 0) is 56.0 Å². The van der Waals surface area contributed by atoms with Crippen LogP contribution in [0.15, 0.2) is 12.1 Å². The number of methoxy groups -OCH3 is 2. The second-order valence-electron chi connectivity index (χ2n) is 4.54. The van der Waals surface area contributed by atoms with Crippen molar-refractivity contribution < 1.29 is 9.47 Å². The van der Waals surface area contributed by atoms with Crippen LogP contribution in [0.5, 0.6) is 11.5 Å². The molecule has 17 heavy (non-hydrogen) atoms. The average Bonchev–Trinajstić information content (AvgIpc) is 2.39. The summed E-state index contributed by atoms with van der Waals surface area (Å²) >= 11 is 0. The minimum atomic E-state index is 0.649. The normalized spacial score (nSPS) is 16.9. The standard InChI is InChI=1S/C14H21NO2/c1-10-12(11-6-8-15-9-7-11)4-5-13(16-2)14(10)17-3/h4-5,11,15H,6-9H2,1-3H3. The van der Waals surface area contributed by atoms with Gasteiger partial charge in [0.15, 0.2) is 11.5 Å². The first-order chi connectivity index (χ1) is 8.27. The van der Waals surface area contributed by atoms with Gasteiger partial charge < -0.3 is 14.8 Å². The Kier molecular flexibility index (Phi) is 3.89. The van der Waals surface area contributed by atoms with E-state index < -0.39 is 0 Å². The number of rotatable bonds is 3. The van der Waals surface area contributed by atoms with Crippen LogP contribution >= 0.6 is 0 Å². The SMILES string of the molecule is COc1ccc(C2CCNCC2)c(C)c1OC. The average molecular weight is 235 g/mol. The molecule has 1 fully saturated rings. The molecule has 3 nitrogen and oxygen atoms in total. The summed E-state index contributed by atoms with van der Waals surface area (Å²) < 4.78 is 10.8. The monoisotopic (exact) mass is 235 g/mol. The lowest BCUT2D eigenvalue weighted by Gasteiger charge is -2.25. The van der Waals surface area contributed by atoms with Gasteiger partial charge in [0.2, 0.25) is 0 Å². The lowest BCUT2D eigenvalue weighted by molar-refractivity contribution is 0.351. The van der Waals surface area contributed by atoms with E-state index >= 15 is 0 Å². The van der Waals surface area contributed by atoms with Gasteiger partial charge in [0, 0.05) is 0 Å². The van der Waals surface area contributed by atoms with Crippen molar-refractivity contribution in [2.45, 2.75) is 25.7 Å². The van der Waals surface area contributed by atoms with Crippen molar-refractivity contribution in [1.29, 1.82) is 0 Å². The molecule has 0 unspecified atom stereocenters. The highest BCUT2D eigenvalue weighted by atomic mass is 16.5. The van der Waals surface area contributed by atoms with Crippen LogP contribution in [-0.2, 0) is 0 Å². The van der Waals surface area contributed by atoms with Crippen LogP contribution in [0.4, 0.5) is 0 Å². The molecule has 94 valence electrons. The molecule has 1 aliphatic rings. The topological polar surface area (TPSA) is 30.5 Å². The van der Waals surface area contributed by atoms with Crippen molar-refractivity contribution in [3.05, 3.63) is 23.3 Å². The number of hydrogen-bond acceptors (Lipinski definition) is 3. The van der Waals surface area contributed by atoms with Gasteiger partial charge in [-0.3, -0.25) is 0 Å². The molecule has 0 atom stereocenters. The van der Waals surface area contributed by atoms with Crippen LogP contribution in [0.1, 0.15) is 29.9 Å².